The molecule has 1 aliphatic heterocycles. The first-order valence-corrected chi connectivity index (χ1v) is 9.01. The molecular formula is C20H20N4O4. The number of nitrogens with zero attached hydrogens (tertiary/aromatic N) is 2. The Hall–Kier alpha value is -3.23. The van der Waals surface area contributed by atoms with E-state index in [0.29, 0.717) is 36.4 Å². The molecular weight excluding hydrogens is 360 g/mol. The van der Waals surface area contributed by atoms with Gasteiger partial charge in [-0.05, 0) is 30.2 Å². The molecule has 8 heteroatoms. The zero-order valence-corrected chi connectivity index (χ0v) is 15.0. The highest BCUT2D eigenvalue weighted by molar-refractivity contribution is 5.95. The number of aromatic nitrogens is 2. The van der Waals surface area contributed by atoms with Crippen molar-refractivity contribution in [3.63, 3.8) is 0 Å². The summed E-state index contributed by atoms with van der Waals surface area (Å²) in [5, 5.41) is 15.1. The normalized spacial score (nSPS) is 19.0. The summed E-state index contributed by atoms with van der Waals surface area (Å²) in [6.07, 6.45) is 0.899. The number of hydrogen-bond acceptors (Lipinski definition) is 5. The maximum absolute atomic E-state index is 12.5. The number of amides is 1. The highest BCUT2D eigenvalue weighted by atomic mass is 16.5. The molecule has 0 unspecified atom stereocenters. The van der Waals surface area contributed by atoms with E-state index in [2.05, 4.69) is 15.6 Å². The average Bonchev–Trinajstić information content (AvgIpc) is 3.34. The molecule has 1 aromatic carbocycles. The minimum atomic E-state index is -1.08. The van der Waals surface area contributed by atoms with Gasteiger partial charge in [0.2, 0.25) is 5.91 Å². The maximum Gasteiger partial charge on any atom is 0.416 e. The van der Waals surface area contributed by atoms with Gasteiger partial charge >= 0.3 is 6.09 Å². The van der Waals surface area contributed by atoms with Crippen LogP contribution in [0.3, 0.4) is 0 Å². The molecule has 0 bridgehead atoms. The number of ether oxygens (including phenoxy) is 1. The highest BCUT2D eigenvalue weighted by Gasteiger charge is 2.30. The largest absolute Gasteiger partial charge is 0.464 e. The number of benzene rings is 1. The molecule has 2 aromatic heterocycles. The number of nitrogens with one attached hydrogen (secondary N) is 2. The van der Waals surface area contributed by atoms with Crippen LogP contribution in [0.25, 0.3) is 11.0 Å². The van der Waals surface area contributed by atoms with Crippen LogP contribution in [-0.4, -0.2) is 45.3 Å². The summed E-state index contributed by atoms with van der Waals surface area (Å²) < 4.78 is 6.97. The van der Waals surface area contributed by atoms with Gasteiger partial charge in [-0.25, -0.2) is 9.78 Å². The lowest BCUT2D eigenvalue weighted by atomic mass is 10.2. The number of carbonyl (C=O) groups excluding carboxylic acids is 1. The summed E-state index contributed by atoms with van der Waals surface area (Å²) in [6, 6.07) is 14.4. The van der Waals surface area contributed by atoms with Crippen LogP contribution in [0.2, 0.25) is 0 Å². The van der Waals surface area contributed by atoms with E-state index in [1.54, 1.807) is 18.2 Å². The van der Waals surface area contributed by atoms with Gasteiger partial charge < -0.3 is 20.5 Å². The van der Waals surface area contributed by atoms with Crippen molar-refractivity contribution in [2.45, 2.75) is 25.2 Å². The second kappa shape index (κ2) is 7.79. The van der Waals surface area contributed by atoms with E-state index >= 15 is 0 Å². The molecule has 144 valence electrons. The number of fused-ring (bicyclic) bond motifs is 1. The van der Waals surface area contributed by atoms with Crippen molar-refractivity contribution in [2.24, 2.45) is 0 Å². The molecule has 8 nitrogen and oxygen atoms in total. The summed E-state index contributed by atoms with van der Waals surface area (Å²) in [4.78, 5) is 28.0. The molecule has 4 rings (SSSR count). The topological polar surface area (TPSA) is 105 Å². The summed E-state index contributed by atoms with van der Waals surface area (Å²) in [7, 11) is 0. The van der Waals surface area contributed by atoms with Gasteiger partial charge in [-0.2, -0.15) is 0 Å². The summed E-state index contributed by atoms with van der Waals surface area (Å²) in [5.41, 5.74) is 2.07. The van der Waals surface area contributed by atoms with E-state index < -0.39 is 6.09 Å². The lowest BCUT2D eigenvalue weighted by Crippen LogP contribution is -2.35. The van der Waals surface area contributed by atoms with E-state index in [1.807, 2.05) is 30.3 Å². The third kappa shape index (κ3) is 3.88. The van der Waals surface area contributed by atoms with Crippen molar-refractivity contribution >= 4 is 28.9 Å². The van der Waals surface area contributed by atoms with Crippen molar-refractivity contribution in [1.29, 1.82) is 0 Å². The minimum Gasteiger partial charge on any atom is -0.464 e. The molecule has 1 amide bonds. The van der Waals surface area contributed by atoms with Crippen LogP contribution in [0.1, 0.15) is 12.0 Å². The second-order valence-corrected chi connectivity index (χ2v) is 6.67. The first kappa shape index (κ1) is 18.1. The SMILES string of the molecule is O=C(Nc1ccc2c(ccn2C(=O)O)n1)[C@H]1C[C@H](OCc2ccccc2)CN1. The number of carboxylic acid groups (broad SMARTS) is 1. The molecule has 3 N–H and O–H groups in total. The van der Waals surface area contributed by atoms with E-state index in [4.69, 9.17) is 9.84 Å². The van der Waals surface area contributed by atoms with Gasteiger partial charge in [0.15, 0.2) is 0 Å². The Morgan fingerprint density at radius 1 is 1.21 bits per heavy atom. The maximum atomic E-state index is 12.5. The van der Waals surface area contributed by atoms with Gasteiger partial charge in [0, 0.05) is 12.7 Å². The molecule has 0 spiro atoms. The van der Waals surface area contributed by atoms with Crippen LogP contribution in [-0.2, 0) is 16.1 Å². The predicted octanol–water partition coefficient (Wildman–Crippen LogP) is 2.45. The van der Waals surface area contributed by atoms with Crippen LogP contribution in [0, 0.1) is 0 Å². The lowest BCUT2D eigenvalue weighted by molar-refractivity contribution is -0.118. The zero-order chi connectivity index (χ0) is 19.5. The molecule has 0 radical (unpaired) electrons. The van der Waals surface area contributed by atoms with E-state index in [0.717, 1.165) is 10.1 Å². The van der Waals surface area contributed by atoms with Crippen molar-refractivity contribution in [1.82, 2.24) is 14.9 Å². The van der Waals surface area contributed by atoms with Crippen LogP contribution in [0.4, 0.5) is 10.6 Å². The fourth-order valence-corrected chi connectivity index (χ4v) is 3.29. The Morgan fingerprint density at radius 2 is 2.04 bits per heavy atom. The number of hydrogen-bond donors (Lipinski definition) is 3. The Labute approximate surface area is 161 Å². The molecule has 28 heavy (non-hydrogen) atoms. The Bertz CT molecular complexity index is 1000. The van der Waals surface area contributed by atoms with E-state index in [-0.39, 0.29) is 18.1 Å². The first-order valence-electron chi connectivity index (χ1n) is 9.01. The fourth-order valence-electron chi connectivity index (χ4n) is 3.29. The summed E-state index contributed by atoms with van der Waals surface area (Å²) in [6.45, 7) is 1.12. The van der Waals surface area contributed by atoms with Gasteiger partial charge in [0.05, 0.1) is 29.8 Å². The smallest absolute Gasteiger partial charge is 0.416 e. The van der Waals surface area contributed by atoms with Gasteiger partial charge in [0.25, 0.3) is 0 Å². The van der Waals surface area contributed by atoms with Crippen molar-refractivity contribution in [3.8, 4) is 0 Å². The van der Waals surface area contributed by atoms with E-state index in [9.17, 15) is 9.59 Å². The van der Waals surface area contributed by atoms with Gasteiger partial charge in [-0.15, -0.1) is 0 Å². The quantitative estimate of drug-likeness (QED) is 0.628. The highest BCUT2D eigenvalue weighted by Crippen LogP contribution is 2.18. The average molecular weight is 380 g/mol. The second-order valence-electron chi connectivity index (χ2n) is 6.67. The Balaban J connectivity index is 1.34. The fraction of sp³-hybridized carbons (Fsp3) is 0.250. The minimum absolute atomic E-state index is 0.0315. The molecule has 3 aromatic rings. The summed E-state index contributed by atoms with van der Waals surface area (Å²) in [5.74, 6) is 0.200. The van der Waals surface area contributed by atoms with Crippen LogP contribution in [0.5, 0.6) is 0 Å². The molecule has 2 atom stereocenters. The first-order chi connectivity index (χ1) is 13.6. The number of carbonyl (C=O) groups is 2. The molecule has 0 saturated carbocycles. The third-order valence-corrected chi connectivity index (χ3v) is 4.74. The van der Waals surface area contributed by atoms with Gasteiger partial charge in [-0.1, -0.05) is 30.3 Å². The van der Waals surface area contributed by atoms with Crippen LogP contribution in [0.15, 0.2) is 54.7 Å². The van der Waals surface area contributed by atoms with Gasteiger partial charge in [-0.3, -0.25) is 9.36 Å². The van der Waals surface area contributed by atoms with Gasteiger partial charge in [0.1, 0.15) is 5.82 Å². The number of rotatable bonds is 5. The van der Waals surface area contributed by atoms with Crippen molar-refractivity contribution < 1.29 is 19.4 Å². The Kier molecular flexibility index (Phi) is 5.05. The Morgan fingerprint density at radius 3 is 2.82 bits per heavy atom. The molecule has 1 fully saturated rings. The third-order valence-electron chi connectivity index (χ3n) is 4.74. The predicted molar refractivity (Wildman–Crippen MR) is 103 cm³/mol. The van der Waals surface area contributed by atoms with E-state index in [1.165, 1.54) is 6.20 Å². The van der Waals surface area contributed by atoms with Crippen molar-refractivity contribution in [2.75, 3.05) is 11.9 Å². The summed E-state index contributed by atoms with van der Waals surface area (Å²) >= 11 is 0. The lowest BCUT2D eigenvalue weighted by Gasteiger charge is -2.12. The van der Waals surface area contributed by atoms with Crippen LogP contribution >= 0.6 is 0 Å². The number of anilines is 1. The number of pyridine rings is 1. The molecule has 1 saturated heterocycles. The van der Waals surface area contributed by atoms with Crippen molar-refractivity contribution in [3.05, 3.63) is 60.3 Å². The zero-order valence-electron chi connectivity index (χ0n) is 15.0. The monoisotopic (exact) mass is 380 g/mol. The molecule has 0 aliphatic carbocycles. The van der Waals surface area contributed by atoms with Crippen LogP contribution < -0.4 is 10.6 Å². The standard InChI is InChI=1S/C20H20N4O4/c25-19(16-10-14(11-21-16)28-12-13-4-2-1-3-5-13)23-18-7-6-17-15(22-18)8-9-24(17)20(26)27/h1-9,14,16,21H,10-12H2,(H,26,27)(H,22,23,25)/t14-,16+/m0/s1. The molecule has 1 aliphatic rings. The molecule has 3 heterocycles.